The van der Waals surface area contributed by atoms with Gasteiger partial charge >= 0.3 is 0 Å². The van der Waals surface area contributed by atoms with E-state index >= 15 is 0 Å². The summed E-state index contributed by atoms with van der Waals surface area (Å²) < 4.78 is 0. The summed E-state index contributed by atoms with van der Waals surface area (Å²) in [5.74, 6) is 0. The molecule has 0 atom stereocenters. The molecule has 1 heterocycles. The Bertz CT molecular complexity index is 756. The molecule has 3 rings (SSSR count). The van der Waals surface area contributed by atoms with Crippen LogP contribution in [0.1, 0.15) is 0 Å². The first-order valence-corrected chi connectivity index (χ1v) is 10.2. The number of rotatable bonds is 3. The Hall–Kier alpha value is -2.06. The van der Waals surface area contributed by atoms with Crippen LogP contribution in [0.3, 0.4) is 0 Å². The molecule has 0 N–H and O–H groups in total. The molecule has 0 aliphatic carbocycles. The monoisotopic (exact) mass is 307 g/mol. The van der Waals surface area contributed by atoms with Crippen LogP contribution in [0.15, 0.2) is 77.8 Å². The highest BCUT2D eigenvalue weighted by Crippen LogP contribution is 2.44. The van der Waals surface area contributed by atoms with Crippen molar-refractivity contribution in [2.75, 3.05) is 18.8 Å². The molecule has 0 aliphatic heterocycles. The van der Waals surface area contributed by atoms with E-state index < -0.39 is 10.0 Å². The zero-order chi connectivity index (χ0) is 15.6. The Balaban J connectivity index is 1.96. The van der Waals surface area contributed by atoms with E-state index in [4.69, 9.17) is 0 Å². The van der Waals surface area contributed by atoms with E-state index in [1.807, 2.05) is 12.3 Å². The van der Waals surface area contributed by atoms with Gasteiger partial charge in [0.1, 0.15) is 0 Å². The van der Waals surface area contributed by atoms with Crippen LogP contribution in [-0.4, -0.2) is 23.8 Å². The third-order valence-electron chi connectivity index (χ3n) is 3.71. The molecule has 2 heteroatoms. The largest absolute Gasteiger partial charge is 0.255 e. The molecule has 3 aromatic rings. The van der Waals surface area contributed by atoms with Crippen molar-refractivity contribution in [2.24, 2.45) is 0 Å². The van der Waals surface area contributed by atoms with Gasteiger partial charge in [0, 0.05) is 16.7 Å². The molecular formula is C20H21NS. The summed E-state index contributed by atoms with van der Waals surface area (Å²) in [4.78, 5) is 6.01. The molecule has 0 radical (unpaired) electrons. The summed E-state index contributed by atoms with van der Waals surface area (Å²) in [5.41, 5.74) is 4.66. The summed E-state index contributed by atoms with van der Waals surface area (Å²) in [6.07, 6.45) is 8.90. The lowest BCUT2D eigenvalue weighted by atomic mass is 10.0. The predicted octanol–water partition coefficient (Wildman–Crippen LogP) is 5.47. The summed E-state index contributed by atoms with van der Waals surface area (Å²) in [7, 11) is -0.715. The lowest BCUT2D eigenvalue weighted by Gasteiger charge is -2.25. The van der Waals surface area contributed by atoms with E-state index in [0.29, 0.717) is 0 Å². The van der Waals surface area contributed by atoms with E-state index in [0.717, 1.165) is 11.3 Å². The van der Waals surface area contributed by atoms with Gasteiger partial charge in [0.05, 0.1) is 5.69 Å². The first-order valence-electron chi connectivity index (χ1n) is 7.34. The Morgan fingerprint density at radius 1 is 0.682 bits per heavy atom. The second-order valence-electron chi connectivity index (χ2n) is 6.16. The maximum atomic E-state index is 4.67. The molecule has 0 amide bonds. The molecule has 0 saturated carbocycles. The van der Waals surface area contributed by atoms with Crippen LogP contribution in [0.25, 0.3) is 22.4 Å². The minimum absolute atomic E-state index is 0.715. The second kappa shape index (κ2) is 5.98. The van der Waals surface area contributed by atoms with E-state index in [-0.39, 0.29) is 0 Å². The zero-order valence-electron chi connectivity index (χ0n) is 13.3. The number of hydrogen-bond acceptors (Lipinski definition) is 1. The Morgan fingerprint density at radius 3 is 2.00 bits per heavy atom. The number of nitrogens with zero attached hydrogens (tertiary/aromatic N) is 1. The van der Waals surface area contributed by atoms with Gasteiger partial charge in [0.25, 0.3) is 0 Å². The van der Waals surface area contributed by atoms with Gasteiger partial charge in [0.2, 0.25) is 0 Å². The number of pyridine rings is 1. The fourth-order valence-electron chi connectivity index (χ4n) is 2.40. The van der Waals surface area contributed by atoms with Crippen LogP contribution >= 0.6 is 10.0 Å². The fourth-order valence-corrected chi connectivity index (χ4v) is 3.25. The molecule has 0 unspecified atom stereocenters. The molecule has 22 heavy (non-hydrogen) atoms. The molecule has 1 nitrogen and oxygen atoms in total. The Labute approximate surface area is 134 Å². The topological polar surface area (TPSA) is 12.9 Å². The summed E-state index contributed by atoms with van der Waals surface area (Å²) in [5, 5.41) is 0. The van der Waals surface area contributed by atoms with E-state index in [9.17, 15) is 0 Å². The van der Waals surface area contributed by atoms with Crippen molar-refractivity contribution in [3.05, 3.63) is 72.9 Å². The normalized spacial score (nSPS) is 12.1. The van der Waals surface area contributed by atoms with Crippen molar-refractivity contribution in [1.29, 1.82) is 0 Å². The maximum absolute atomic E-state index is 4.67. The standard InChI is InChI=1S/C20H21NS/c1-22(2,3)19-12-13-20(21-15-19)18-11-7-10-17(14-18)16-8-5-4-6-9-16/h4-15H,1-3H3. The molecule has 0 aliphatic rings. The van der Waals surface area contributed by atoms with Crippen molar-refractivity contribution in [2.45, 2.75) is 4.90 Å². The van der Waals surface area contributed by atoms with Crippen molar-refractivity contribution in [3.63, 3.8) is 0 Å². The fraction of sp³-hybridized carbons (Fsp3) is 0.150. The molecule has 0 spiro atoms. The average Bonchev–Trinajstić information content (AvgIpc) is 2.55. The summed E-state index contributed by atoms with van der Waals surface area (Å²) in [6, 6.07) is 23.4. The van der Waals surface area contributed by atoms with Crippen molar-refractivity contribution in [1.82, 2.24) is 4.98 Å². The number of benzene rings is 2. The molecule has 2 aromatic carbocycles. The SMILES string of the molecule is CS(C)(C)c1ccc(-c2cccc(-c3ccccc3)c2)nc1. The smallest absolute Gasteiger partial charge is 0.0703 e. The lowest BCUT2D eigenvalue weighted by Crippen LogP contribution is -1.94. The van der Waals surface area contributed by atoms with E-state index in [1.165, 1.54) is 16.0 Å². The maximum Gasteiger partial charge on any atom is 0.0703 e. The van der Waals surface area contributed by atoms with Gasteiger partial charge in [-0.05, 0) is 48.1 Å². The van der Waals surface area contributed by atoms with Gasteiger partial charge in [-0.3, -0.25) is 4.98 Å². The molecule has 112 valence electrons. The first-order chi connectivity index (χ1) is 10.5. The van der Waals surface area contributed by atoms with Gasteiger partial charge < -0.3 is 0 Å². The third-order valence-corrected chi connectivity index (χ3v) is 5.36. The zero-order valence-corrected chi connectivity index (χ0v) is 14.1. The molecular weight excluding hydrogens is 286 g/mol. The third kappa shape index (κ3) is 3.23. The van der Waals surface area contributed by atoms with Crippen LogP contribution in [0.5, 0.6) is 0 Å². The van der Waals surface area contributed by atoms with Crippen LogP contribution in [0.4, 0.5) is 0 Å². The predicted molar refractivity (Wildman–Crippen MR) is 98.7 cm³/mol. The minimum atomic E-state index is -0.715. The highest BCUT2D eigenvalue weighted by molar-refractivity contribution is 8.32. The van der Waals surface area contributed by atoms with Gasteiger partial charge in [-0.15, -0.1) is 0 Å². The first kappa shape index (κ1) is 14.9. The molecule has 1 aromatic heterocycles. The summed E-state index contributed by atoms with van der Waals surface area (Å²) >= 11 is 0. The highest BCUT2D eigenvalue weighted by Gasteiger charge is 2.09. The van der Waals surface area contributed by atoms with E-state index in [1.54, 1.807) is 0 Å². The number of aromatic nitrogens is 1. The van der Waals surface area contributed by atoms with Gasteiger partial charge in [0.15, 0.2) is 0 Å². The van der Waals surface area contributed by atoms with Gasteiger partial charge in [-0.1, -0.05) is 48.5 Å². The quantitative estimate of drug-likeness (QED) is 0.625. The van der Waals surface area contributed by atoms with Crippen LogP contribution in [0.2, 0.25) is 0 Å². The van der Waals surface area contributed by atoms with Crippen LogP contribution < -0.4 is 0 Å². The Kier molecular flexibility index (Phi) is 4.04. The van der Waals surface area contributed by atoms with Crippen molar-refractivity contribution < 1.29 is 0 Å². The second-order valence-corrected chi connectivity index (χ2v) is 10.3. The van der Waals surface area contributed by atoms with E-state index in [2.05, 4.69) is 84.4 Å². The lowest BCUT2D eigenvalue weighted by molar-refractivity contribution is 1.23. The molecule has 0 bridgehead atoms. The Morgan fingerprint density at radius 2 is 1.36 bits per heavy atom. The average molecular weight is 307 g/mol. The van der Waals surface area contributed by atoms with Crippen molar-refractivity contribution in [3.8, 4) is 22.4 Å². The number of hydrogen-bond donors (Lipinski definition) is 0. The molecule has 0 fully saturated rings. The van der Waals surface area contributed by atoms with Crippen LogP contribution in [-0.2, 0) is 0 Å². The summed E-state index contributed by atoms with van der Waals surface area (Å²) in [6.45, 7) is 0. The van der Waals surface area contributed by atoms with Crippen LogP contribution in [0, 0.1) is 0 Å². The van der Waals surface area contributed by atoms with Gasteiger partial charge in [-0.2, -0.15) is 0 Å². The van der Waals surface area contributed by atoms with Gasteiger partial charge in [-0.25, -0.2) is 10.0 Å². The highest BCUT2D eigenvalue weighted by atomic mass is 32.3. The van der Waals surface area contributed by atoms with Crippen molar-refractivity contribution >= 4 is 10.0 Å². The molecule has 0 saturated heterocycles. The minimum Gasteiger partial charge on any atom is -0.255 e.